The van der Waals surface area contributed by atoms with Gasteiger partial charge in [0.2, 0.25) is 0 Å². The molecule has 0 aliphatic rings. The van der Waals surface area contributed by atoms with Gasteiger partial charge in [-0.1, -0.05) is 36.4 Å². The van der Waals surface area contributed by atoms with Crippen molar-refractivity contribution in [2.24, 2.45) is 0 Å². The minimum Gasteiger partial charge on any atom is -0.463 e. The van der Waals surface area contributed by atoms with Gasteiger partial charge in [0, 0.05) is 22.7 Å². The van der Waals surface area contributed by atoms with Crippen molar-refractivity contribution in [3.05, 3.63) is 156 Å². The third-order valence-corrected chi connectivity index (χ3v) is 11.7. The number of aromatic nitrogens is 4. The Morgan fingerprint density at radius 1 is 0.541 bits per heavy atom. The number of fused-ring (bicyclic) bond motifs is 2. The van der Waals surface area contributed by atoms with Gasteiger partial charge in [-0.05, 0) is 138 Å². The van der Waals surface area contributed by atoms with E-state index >= 15 is 0 Å². The highest BCUT2D eigenvalue weighted by Crippen LogP contribution is 2.39. The first-order valence-corrected chi connectivity index (χ1v) is 21.2. The van der Waals surface area contributed by atoms with E-state index in [1.165, 1.54) is 0 Å². The van der Waals surface area contributed by atoms with Crippen LogP contribution in [0.15, 0.2) is 160 Å². The molecule has 0 spiro atoms. The molecule has 0 saturated heterocycles. The van der Waals surface area contributed by atoms with Gasteiger partial charge in [0.15, 0.2) is 16.6 Å². The number of thiocarbonyl (C=S) groups is 1. The second-order valence-corrected chi connectivity index (χ2v) is 16.3. The highest BCUT2D eigenvalue weighted by atomic mass is 32.1. The zero-order chi connectivity index (χ0) is 41.3. The molecular weight excluding hydrogens is 821 g/mol. The Kier molecular flexibility index (Phi) is 10.1. The predicted molar refractivity (Wildman–Crippen MR) is 250 cm³/mol. The van der Waals surface area contributed by atoms with Crippen molar-refractivity contribution >= 4 is 90.9 Å². The van der Waals surface area contributed by atoms with Crippen LogP contribution in [0.4, 0.5) is 27.5 Å². The molecule has 0 unspecified atom stereocenters. The van der Waals surface area contributed by atoms with Crippen molar-refractivity contribution < 1.29 is 13.6 Å². The molecule has 0 atom stereocenters. The van der Waals surface area contributed by atoms with Gasteiger partial charge in [-0.3, -0.25) is 0 Å². The molecule has 6 heterocycles. The van der Waals surface area contributed by atoms with Crippen LogP contribution in [0.5, 0.6) is 0 Å². The number of aryl methyl sites for hydroxylation is 1. The lowest BCUT2D eigenvalue weighted by Crippen LogP contribution is -2.19. The molecule has 61 heavy (non-hydrogen) atoms. The Labute approximate surface area is 362 Å². The van der Waals surface area contributed by atoms with Gasteiger partial charge in [-0.2, -0.15) is 0 Å². The number of anilines is 4. The van der Waals surface area contributed by atoms with Crippen LogP contribution in [0.3, 0.4) is 0 Å². The molecule has 6 aromatic heterocycles. The van der Waals surface area contributed by atoms with Crippen molar-refractivity contribution in [1.29, 1.82) is 0 Å². The van der Waals surface area contributed by atoms with Gasteiger partial charge in [0.05, 0.1) is 44.3 Å². The molecule has 4 N–H and O–H groups in total. The monoisotopic (exact) mass is 852 g/mol. The van der Waals surface area contributed by atoms with E-state index in [2.05, 4.69) is 44.8 Å². The van der Waals surface area contributed by atoms with Crippen molar-refractivity contribution in [3.63, 3.8) is 0 Å². The maximum Gasteiger partial charge on any atom is 0.323 e. The highest BCUT2D eigenvalue weighted by Gasteiger charge is 2.20. The van der Waals surface area contributed by atoms with Gasteiger partial charge < -0.3 is 30.1 Å². The Morgan fingerprint density at radius 3 is 1.89 bits per heavy atom. The average Bonchev–Trinajstić information content (AvgIpc) is 4.13. The van der Waals surface area contributed by atoms with Crippen LogP contribution in [-0.4, -0.2) is 31.1 Å². The number of thiophene rings is 2. The Balaban J connectivity index is 0.845. The van der Waals surface area contributed by atoms with E-state index in [9.17, 15) is 4.79 Å². The summed E-state index contributed by atoms with van der Waals surface area (Å²) in [6.07, 6.45) is 3.30. The average molecular weight is 853 g/mol. The molecule has 4 aromatic carbocycles. The summed E-state index contributed by atoms with van der Waals surface area (Å²) < 4.78 is 11.5. The molecule has 10 rings (SSSR count). The topological polar surface area (TPSA) is 143 Å². The first-order valence-electron chi connectivity index (χ1n) is 19.1. The van der Waals surface area contributed by atoms with Crippen LogP contribution in [0, 0.1) is 6.92 Å². The van der Waals surface area contributed by atoms with Crippen LogP contribution in [0.1, 0.15) is 5.56 Å². The number of urea groups is 1. The summed E-state index contributed by atoms with van der Waals surface area (Å²) in [5.74, 6) is 1.22. The third-order valence-electron chi connectivity index (χ3n) is 9.66. The smallest absolute Gasteiger partial charge is 0.323 e. The first kappa shape index (κ1) is 37.7. The molecule has 14 heteroatoms. The predicted octanol–water partition coefficient (Wildman–Crippen LogP) is 13.0. The van der Waals surface area contributed by atoms with E-state index in [0.29, 0.717) is 55.9 Å². The fourth-order valence-electron chi connectivity index (χ4n) is 6.80. The summed E-state index contributed by atoms with van der Waals surface area (Å²) in [6.45, 7) is 1.97. The van der Waals surface area contributed by atoms with E-state index in [1.807, 2.05) is 121 Å². The molecule has 2 amide bonds. The zero-order valence-electron chi connectivity index (χ0n) is 32.2. The molecule has 0 aliphatic carbocycles. The lowest BCUT2D eigenvalue weighted by molar-refractivity contribution is 0.262. The van der Waals surface area contributed by atoms with Crippen LogP contribution in [0.25, 0.3) is 77.2 Å². The number of rotatable bonds is 9. The van der Waals surface area contributed by atoms with E-state index < -0.39 is 0 Å². The van der Waals surface area contributed by atoms with E-state index in [1.54, 1.807) is 35.2 Å². The van der Waals surface area contributed by atoms with E-state index in [0.717, 1.165) is 54.7 Å². The Hall–Kier alpha value is -7.52. The standard InChI is InChI=1S/C47H32N8O3S3/c1-27-21-39(58-25-27)43-42(38-9-5-19-57-38)54-36-24-33(16-18-34(36)52-43)51-47(59)50-31-13-11-28(12-14-31)29-22-41(61-26-29)45-44(40-10-6-20-60-40)55-37-23-32(15-17-35(37)53-45)49-46(56)48-30-7-3-2-4-8-30/h2-26H,1H3,(H2,48,49,56)(H2,50,51,59). The highest BCUT2D eigenvalue weighted by molar-refractivity contribution is 7.80. The van der Waals surface area contributed by atoms with Crippen LogP contribution < -0.4 is 21.3 Å². The van der Waals surface area contributed by atoms with Crippen molar-refractivity contribution in [1.82, 2.24) is 19.9 Å². The fourth-order valence-corrected chi connectivity index (χ4v) is 8.66. The van der Waals surface area contributed by atoms with Gasteiger partial charge in [0.25, 0.3) is 0 Å². The lowest BCUT2D eigenvalue weighted by atomic mass is 10.1. The van der Waals surface area contributed by atoms with Crippen LogP contribution >= 0.6 is 34.9 Å². The number of hydrogen-bond acceptors (Lipinski definition) is 10. The minimum absolute atomic E-state index is 0.336. The maximum atomic E-state index is 12.7. The molecule has 0 radical (unpaired) electrons. The van der Waals surface area contributed by atoms with Gasteiger partial charge in [0.1, 0.15) is 22.8 Å². The second-order valence-electron chi connectivity index (χ2n) is 14.0. The quantitative estimate of drug-likeness (QED) is 0.104. The summed E-state index contributed by atoms with van der Waals surface area (Å²) >= 11 is 8.94. The number of nitrogens with one attached hydrogen (secondary N) is 4. The maximum absolute atomic E-state index is 12.7. The first-order chi connectivity index (χ1) is 29.9. The van der Waals surface area contributed by atoms with E-state index in [4.69, 9.17) is 41.0 Å². The van der Waals surface area contributed by atoms with Crippen molar-refractivity contribution in [3.8, 4) is 55.2 Å². The minimum atomic E-state index is -0.336. The molecule has 10 aromatic rings. The molecule has 0 aliphatic heterocycles. The van der Waals surface area contributed by atoms with E-state index in [-0.39, 0.29) is 6.03 Å². The molecule has 296 valence electrons. The number of para-hydroxylation sites is 1. The SMILES string of the molecule is Cc1coc(-c2nc3ccc(NC(=S)Nc4ccc(-c5csc(-c6nc7ccc(NC(=O)Nc8ccccc8)cc7nc6-c6cccs6)c5)cc4)cc3nc2-c2ccco2)c1. The van der Waals surface area contributed by atoms with Gasteiger partial charge in [-0.15, -0.1) is 22.7 Å². The number of benzene rings is 4. The third kappa shape index (κ3) is 8.10. The molecular formula is C47H32N8O3S3. The van der Waals surface area contributed by atoms with Crippen LogP contribution in [0.2, 0.25) is 0 Å². The number of amides is 2. The number of furan rings is 2. The second kappa shape index (κ2) is 16.3. The molecule has 11 nitrogen and oxygen atoms in total. The van der Waals surface area contributed by atoms with Gasteiger partial charge in [-0.25, -0.2) is 24.7 Å². The largest absolute Gasteiger partial charge is 0.463 e. The summed E-state index contributed by atoms with van der Waals surface area (Å²) in [5.41, 5.74) is 11.6. The van der Waals surface area contributed by atoms with Crippen LogP contribution in [-0.2, 0) is 0 Å². The number of carbonyl (C=O) groups is 1. The fraction of sp³-hybridized carbons (Fsp3) is 0.0213. The Morgan fingerprint density at radius 2 is 1.18 bits per heavy atom. The van der Waals surface area contributed by atoms with Gasteiger partial charge >= 0.3 is 6.03 Å². The number of hydrogen-bond donors (Lipinski definition) is 4. The van der Waals surface area contributed by atoms with Crippen molar-refractivity contribution in [2.75, 3.05) is 21.3 Å². The summed E-state index contributed by atoms with van der Waals surface area (Å²) in [6, 6.07) is 40.2. The summed E-state index contributed by atoms with van der Waals surface area (Å²) in [7, 11) is 0. The number of nitrogens with zero attached hydrogens (tertiary/aromatic N) is 4. The normalized spacial score (nSPS) is 11.2. The molecule has 0 fully saturated rings. The molecule has 0 bridgehead atoms. The zero-order valence-corrected chi connectivity index (χ0v) is 34.6. The summed E-state index contributed by atoms with van der Waals surface area (Å²) in [4.78, 5) is 34.7. The Bertz CT molecular complexity index is 3200. The summed E-state index contributed by atoms with van der Waals surface area (Å²) in [5, 5.41) is 16.9. The number of carbonyl (C=O) groups excluding carboxylic acids is 1. The lowest BCUT2D eigenvalue weighted by Gasteiger charge is -2.12. The van der Waals surface area contributed by atoms with Crippen molar-refractivity contribution in [2.45, 2.75) is 6.92 Å². The molecule has 0 saturated carbocycles.